The molecule has 0 saturated heterocycles. The first-order valence-electron chi connectivity index (χ1n) is 4.05. The standard InChI is InChI=1S/C9H16O/c1-7(2)8-4-3-5-9(10)6-8/h3,5,7-10H,4,6H2,1-2H3/t8-,9+/m1/s1. The van der Waals surface area contributed by atoms with Gasteiger partial charge in [-0.25, -0.2) is 0 Å². The molecule has 0 bridgehead atoms. The van der Waals surface area contributed by atoms with E-state index in [9.17, 15) is 5.11 Å². The summed E-state index contributed by atoms with van der Waals surface area (Å²) < 4.78 is 0. The van der Waals surface area contributed by atoms with Crippen molar-refractivity contribution in [3.63, 3.8) is 0 Å². The molecule has 1 aliphatic carbocycles. The van der Waals surface area contributed by atoms with Crippen molar-refractivity contribution in [3.05, 3.63) is 12.2 Å². The summed E-state index contributed by atoms with van der Waals surface area (Å²) in [6.45, 7) is 4.44. The minimum absolute atomic E-state index is 0.179. The maximum atomic E-state index is 9.24. The fourth-order valence-corrected chi connectivity index (χ4v) is 1.44. The molecular formula is C9H16O. The summed E-state index contributed by atoms with van der Waals surface area (Å²) in [5, 5.41) is 9.24. The Balaban J connectivity index is 2.44. The number of aliphatic hydroxyl groups excluding tert-OH is 1. The first-order valence-corrected chi connectivity index (χ1v) is 4.05. The van der Waals surface area contributed by atoms with Gasteiger partial charge in [0.05, 0.1) is 6.10 Å². The van der Waals surface area contributed by atoms with E-state index < -0.39 is 0 Å². The maximum Gasteiger partial charge on any atom is 0.0723 e. The van der Waals surface area contributed by atoms with Crippen molar-refractivity contribution in [1.29, 1.82) is 0 Å². The molecule has 0 heterocycles. The van der Waals surface area contributed by atoms with Crippen LogP contribution >= 0.6 is 0 Å². The summed E-state index contributed by atoms with van der Waals surface area (Å²) in [7, 11) is 0. The van der Waals surface area contributed by atoms with Crippen molar-refractivity contribution < 1.29 is 5.11 Å². The van der Waals surface area contributed by atoms with Crippen LogP contribution in [0.4, 0.5) is 0 Å². The highest BCUT2D eigenvalue weighted by Crippen LogP contribution is 2.25. The van der Waals surface area contributed by atoms with Gasteiger partial charge in [-0.3, -0.25) is 0 Å². The molecule has 0 unspecified atom stereocenters. The molecule has 1 heteroatoms. The van der Waals surface area contributed by atoms with Crippen LogP contribution in [0.15, 0.2) is 12.2 Å². The van der Waals surface area contributed by atoms with E-state index in [1.165, 1.54) is 0 Å². The first-order chi connectivity index (χ1) is 4.70. The molecule has 1 aliphatic rings. The maximum absolute atomic E-state index is 9.24. The molecule has 0 aromatic rings. The largest absolute Gasteiger partial charge is 0.389 e. The zero-order valence-electron chi connectivity index (χ0n) is 6.75. The van der Waals surface area contributed by atoms with Crippen LogP contribution in [-0.2, 0) is 0 Å². The highest BCUT2D eigenvalue weighted by atomic mass is 16.3. The van der Waals surface area contributed by atoms with E-state index in [0.717, 1.165) is 12.8 Å². The summed E-state index contributed by atoms with van der Waals surface area (Å²) in [6.07, 6.45) is 5.92. The number of hydrogen-bond acceptors (Lipinski definition) is 1. The summed E-state index contributed by atoms with van der Waals surface area (Å²) in [5.41, 5.74) is 0. The molecule has 58 valence electrons. The van der Waals surface area contributed by atoms with Crippen LogP contribution < -0.4 is 0 Å². The number of rotatable bonds is 1. The van der Waals surface area contributed by atoms with E-state index in [0.29, 0.717) is 11.8 Å². The lowest BCUT2D eigenvalue weighted by Crippen LogP contribution is -2.19. The average Bonchev–Trinajstić information content (AvgIpc) is 1.88. The van der Waals surface area contributed by atoms with Crippen molar-refractivity contribution >= 4 is 0 Å². The van der Waals surface area contributed by atoms with Gasteiger partial charge in [-0.05, 0) is 24.7 Å². The molecule has 0 fully saturated rings. The Labute approximate surface area is 62.8 Å². The molecule has 0 amide bonds. The Bertz CT molecular complexity index is 127. The van der Waals surface area contributed by atoms with E-state index in [2.05, 4.69) is 19.9 Å². The zero-order valence-corrected chi connectivity index (χ0v) is 6.75. The summed E-state index contributed by atoms with van der Waals surface area (Å²) in [6, 6.07) is 0. The zero-order chi connectivity index (χ0) is 7.56. The van der Waals surface area contributed by atoms with Gasteiger partial charge in [0, 0.05) is 0 Å². The molecule has 2 atom stereocenters. The minimum Gasteiger partial charge on any atom is -0.389 e. The highest BCUT2D eigenvalue weighted by molar-refractivity contribution is 4.96. The van der Waals surface area contributed by atoms with Gasteiger partial charge in [-0.1, -0.05) is 26.0 Å². The van der Waals surface area contributed by atoms with Crippen LogP contribution in [0, 0.1) is 11.8 Å². The summed E-state index contributed by atoms with van der Waals surface area (Å²) in [4.78, 5) is 0. The lowest BCUT2D eigenvalue weighted by atomic mass is 9.84. The van der Waals surface area contributed by atoms with Gasteiger partial charge >= 0.3 is 0 Å². The van der Waals surface area contributed by atoms with Crippen molar-refractivity contribution in [3.8, 4) is 0 Å². The summed E-state index contributed by atoms with van der Waals surface area (Å²) >= 11 is 0. The van der Waals surface area contributed by atoms with Crippen LogP contribution in [0.3, 0.4) is 0 Å². The van der Waals surface area contributed by atoms with Crippen LogP contribution in [0.25, 0.3) is 0 Å². The minimum atomic E-state index is -0.179. The normalized spacial score (nSPS) is 33.2. The third-order valence-corrected chi connectivity index (χ3v) is 2.28. The van der Waals surface area contributed by atoms with Crippen molar-refractivity contribution in [1.82, 2.24) is 0 Å². The SMILES string of the molecule is CC(C)[C@@H]1CC=C[C@H](O)C1. The van der Waals surface area contributed by atoms with Crippen LogP contribution in [-0.4, -0.2) is 11.2 Å². The van der Waals surface area contributed by atoms with Crippen molar-refractivity contribution in [2.45, 2.75) is 32.8 Å². The van der Waals surface area contributed by atoms with E-state index in [-0.39, 0.29) is 6.10 Å². The molecule has 0 aromatic heterocycles. The third-order valence-electron chi connectivity index (χ3n) is 2.28. The Morgan fingerprint density at radius 2 is 2.20 bits per heavy atom. The Kier molecular flexibility index (Phi) is 2.50. The number of aliphatic hydroxyl groups is 1. The quantitative estimate of drug-likeness (QED) is 0.552. The van der Waals surface area contributed by atoms with E-state index >= 15 is 0 Å². The van der Waals surface area contributed by atoms with Gasteiger partial charge < -0.3 is 5.11 Å². The fourth-order valence-electron chi connectivity index (χ4n) is 1.44. The fraction of sp³-hybridized carbons (Fsp3) is 0.778. The van der Waals surface area contributed by atoms with Gasteiger partial charge in [0.1, 0.15) is 0 Å². The van der Waals surface area contributed by atoms with E-state index in [1.807, 2.05) is 6.08 Å². The molecule has 0 aromatic carbocycles. The third kappa shape index (κ3) is 1.84. The van der Waals surface area contributed by atoms with Gasteiger partial charge in [0.2, 0.25) is 0 Å². The van der Waals surface area contributed by atoms with E-state index in [4.69, 9.17) is 0 Å². The number of hydrogen-bond donors (Lipinski definition) is 1. The monoisotopic (exact) mass is 140 g/mol. The lowest BCUT2D eigenvalue weighted by molar-refractivity contribution is 0.161. The second-order valence-electron chi connectivity index (χ2n) is 3.47. The molecule has 0 radical (unpaired) electrons. The van der Waals surface area contributed by atoms with Gasteiger partial charge in [-0.15, -0.1) is 0 Å². The predicted molar refractivity (Wildman–Crippen MR) is 42.7 cm³/mol. The second kappa shape index (κ2) is 3.20. The van der Waals surface area contributed by atoms with Crippen LogP contribution in [0.5, 0.6) is 0 Å². The highest BCUT2D eigenvalue weighted by Gasteiger charge is 2.18. The van der Waals surface area contributed by atoms with Crippen LogP contribution in [0.1, 0.15) is 26.7 Å². The Morgan fingerprint density at radius 1 is 1.50 bits per heavy atom. The second-order valence-corrected chi connectivity index (χ2v) is 3.47. The summed E-state index contributed by atoms with van der Waals surface area (Å²) in [5.74, 6) is 1.40. The van der Waals surface area contributed by atoms with E-state index in [1.54, 1.807) is 0 Å². The van der Waals surface area contributed by atoms with Crippen molar-refractivity contribution in [2.24, 2.45) is 11.8 Å². The molecule has 0 saturated carbocycles. The topological polar surface area (TPSA) is 20.2 Å². The first kappa shape index (κ1) is 7.80. The van der Waals surface area contributed by atoms with Crippen LogP contribution in [0.2, 0.25) is 0 Å². The smallest absolute Gasteiger partial charge is 0.0723 e. The van der Waals surface area contributed by atoms with Crippen molar-refractivity contribution in [2.75, 3.05) is 0 Å². The molecular weight excluding hydrogens is 124 g/mol. The molecule has 0 spiro atoms. The lowest BCUT2D eigenvalue weighted by Gasteiger charge is -2.24. The molecule has 1 rings (SSSR count). The average molecular weight is 140 g/mol. The number of allylic oxidation sites excluding steroid dienone is 1. The molecule has 1 N–H and O–H groups in total. The molecule has 1 nitrogen and oxygen atoms in total. The molecule has 0 aliphatic heterocycles. The Hall–Kier alpha value is -0.300. The Morgan fingerprint density at radius 3 is 2.60 bits per heavy atom. The molecule has 10 heavy (non-hydrogen) atoms. The van der Waals surface area contributed by atoms with Gasteiger partial charge in [0.15, 0.2) is 0 Å². The van der Waals surface area contributed by atoms with Gasteiger partial charge in [0.25, 0.3) is 0 Å². The van der Waals surface area contributed by atoms with Gasteiger partial charge in [-0.2, -0.15) is 0 Å². The predicted octanol–water partition coefficient (Wildman–Crippen LogP) is 1.97.